The molecule has 0 N–H and O–H groups in total. The van der Waals surface area contributed by atoms with Gasteiger partial charge in [0.2, 0.25) is 0 Å². The van der Waals surface area contributed by atoms with Crippen LogP contribution < -0.4 is 0 Å². The highest BCUT2D eigenvalue weighted by Crippen LogP contribution is 2.13. The van der Waals surface area contributed by atoms with Crippen LogP contribution in [0, 0.1) is 29.9 Å². The van der Waals surface area contributed by atoms with Gasteiger partial charge in [0.05, 0.1) is 12.4 Å². The molecule has 2 aromatic carbocycles. The number of halogens is 2. The topological polar surface area (TPSA) is 48.5 Å². The zero-order chi connectivity index (χ0) is 15.2. The lowest BCUT2D eigenvalue weighted by Gasteiger charge is -1.97. The third-order valence-electron chi connectivity index (χ3n) is 2.73. The van der Waals surface area contributed by atoms with Gasteiger partial charge in [-0.05, 0) is 24.6 Å². The van der Waals surface area contributed by atoms with Crippen molar-refractivity contribution in [2.75, 3.05) is 0 Å². The zero-order valence-corrected chi connectivity index (χ0v) is 11.2. The van der Waals surface area contributed by atoms with Gasteiger partial charge in [0.1, 0.15) is 23.3 Å². The van der Waals surface area contributed by atoms with Crippen LogP contribution in [0.15, 0.2) is 46.6 Å². The maximum atomic E-state index is 13.4. The molecule has 0 unspecified atom stereocenters. The summed E-state index contributed by atoms with van der Waals surface area (Å²) in [4.78, 5) is 0. The SMILES string of the molecule is Cc1ccc(C=NN=Cc2cc(F)c(C#N)c(F)c2)cc1. The van der Waals surface area contributed by atoms with Crippen LogP contribution in [0.4, 0.5) is 8.78 Å². The van der Waals surface area contributed by atoms with E-state index in [-0.39, 0.29) is 5.56 Å². The standard InChI is InChI=1S/C16H11F2N3/c1-11-2-4-12(5-3-11)9-20-21-10-13-6-15(17)14(8-19)16(18)7-13/h2-7,9-10H,1H3. The first-order chi connectivity index (χ1) is 10.1. The Hall–Kier alpha value is -2.87. The van der Waals surface area contributed by atoms with Gasteiger partial charge in [-0.2, -0.15) is 15.5 Å². The first-order valence-electron chi connectivity index (χ1n) is 6.12. The van der Waals surface area contributed by atoms with E-state index < -0.39 is 17.2 Å². The molecule has 0 amide bonds. The first-order valence-corrected chi connectivity index (χ1v) is 6.12. The summed E-state index contributed by atoms with van der Waals surface area (Å²) in [6.45, 7) is 1.98. The lowest BCUT2D eigenvalue weighted by molar-refractivity contribution is 0.576. The van der Waals surface area contributed by atoms with Crippen LogP contribution in [0.1, 0.15) is 22.3 Å². The fourth-order valence-corrected chi connectivity index (χ4v) is 1.63. The quantitative estimate of drug-likeness (QED) is 0.627. The zero-order valence-electron chi connectivity index (χ0n) is 11.2. The fraction of sp³-hybridized carbons (Fsp3) is 0.0625. The maximum absolute atomic E-state index is 13.4. The predicted octanol–water partition coefficient (Wildman–Crippen LogP) is 3.60. The first kappa shape index (κ1) is 14.5. The summed E-state index contributed by atoms with van der Waals surface area (Å²) in [5, 5.41) is 16.1. The molecule has 0 aliphatic heterocycles. The minimum atomic E-state index is -0.915. The van der Waals surface area contributed by atoms with E-state index in [1.54, 1.807) is 0 Å². The molecule has 0 fully saturated rings. The van der Waals surface area contributed by atoms with Crippen molar-refractivity contribution in [2.24, 2.45) is 10.2 Å². The highest BCUT2D eigenvalue weighted by Gasteiger charge is 2.09. The third kappa shape index (κ3) is 3.80. The molecular formula is C16H11F2N3. The fourth-order valence-electron chi connectivity index (χ4n) is 1.63. The molecule has 0 aromatic heterocycles. The third-order valence-corrected chi connectivity index (χ3v) is 2.73. The Morgan fingerprint density at radius 1 is 0.952 bits per heavy atom. The molecule has 2 aromatic rings. The van der Waals surface area contributed by atoms with E-state index >= 15 is 0 Å². The summed E-state index contributed by atoms with van der Waals surface area (Å²) in [6.07, 6.45) is 2.75. The molecule has 0 saturated carbocycles. The van der Waals surface area contributed by atoms with Gasteiger partial charge in [-0.15, -0.1) is 0 Å². The van der Waals surface area contributed by atoms with Crippen LogP contribution in [0.3, 0.4) is 0 Å². The van der Waals surface area contributed by atoms with E-state index in [1.165, 1.54) is 18.5 Å². The Bertz CT molecular complexity index is 718. The molecule has 3 nitrogen and oxygen atoms in total. The summed E-state index contributed by atoms with van der Waals surface area (Å²) in [5.74, 6) is -1.83. The average Bonchev–Trinajstić information content (AvgIpc) is 2.45. The van der Waals surface area contributed by atoms with E-state index in [9.17, 15) is 8.78 Å². The summed E-state index contributed by atoms with van der Waals surface area (Å²) < 4.78 is 26.7. The number of hydrogen-bond donors (Lipinski definition) is 0. The van der Waals surface area contributed by atoms with Crippen molar-refractivity contribution in [3.63, 3.8) is 0 Å². The molecule has 0 spiro atoms. The second-order valence-corrected chi connectivity index (χ2v) is 4.37. The van der Waals surface area contributed by atoms with Gasteiger partial charge in [-0.3, -0.25) is 0 Å². The van der Waals surface area contributed by atoms with E-state index in [0.717, 1.165) is 23.3 Å². The van der Waals surface area contributed by atoms with Gasteiger partial charge in [-0.1, -0.05) is 29.8 Å². The molecular weight excluding hydrogens is 272 g/mol. The predicted molar refractivity (Wildman–Crippen MR) is 77.4 cm³/mol. The largest absolute Gasteiger partial charge is 0.205 e. The van der Waals surface area contributed by atoms with E-state index in [2.05, 4.69) is 10.2 Å². The smallest absolute Gasteiger partial charge is 0.144 e. The summed E-state index contributed by atoms with van der Waals surface area (Å²) >= 11 is 0. The van der Waals surface area contributed by atoms with Crippen molar-refractivity contribution in [3.05, 3.63) is 70.3 Å². The van der Waals surface area contributed by atoms with Crippen LogP contribution in [-0.4, -0.2) is 12.4 Å². The van der Waals surface area contributed by atoms with Crippen LogP contribution in [-0.2, 0) is 0 Å². The lowest BCUT2D eigenvalue weighted by Crippen LogP contribution is -1.93. The number of nitriles is 1. The molecule has 0 radical (unpaired) electrons. The Morgan fingerprint density at radius 2 is 1.48 bits per heavy atom. The molecule has 0 saturated heterocycles. The summed E-state index contributed by atoms with van der Waals surface area (Å²) in [7, 11) is 0. The number of rotatable bonds is 3. The molecule has 21 heavy (non-hydrogen) atoms. The van der Waals surface area contributed by atoms with Crippen LogP contribution >= 0.6 is 0 Å². The van der Waals surface area contributed by atoms with E-state index in [0.29, 0.717) is 0 Å². The van der Waals surface area contributed by atoms with Gasteiger partial charge in [0, 0.05) is 5.56 Å². The number of benzene rings is 2. The normalized spacial score (nSPS) is 11.1. The second kappa shape index (κ2) is 6.53. The van der Waals surface area contributed by atoms with Crippen molar-refractivity contribution < 1.29 is 8.78 Å². The van der Waals surface area contributed by atoms with Gasteiger partial charge < -0.3 is 0 Å². The highest BCUT2D eigenvalue weighted by molar-refractivity contribution is 5.82. The number of aryl methyl sites for hydroxylation is 1. The second-order valence-electron chi connectivity index (χ2n) is 4.37. The van der Waals surface area contributed by atoms with Crippen molar-refractivity contribution >= 4 is 12.4 Å². The maximum Gasteiger partial charge on any atom is 0.144 e. The molecule has 5 heteroatoms. The molecule has 0 aliphatic carbocycles. The average molecular weight is 283 g/mol. The minimum absolute atomic E-state index is 0.199. The highest BCUT2D eigenvalue weighted by atomic mass is 19.1. The Morgan fingerprint density at radius 3 is 2.00 bits per heavy atom. The minimum Gasteiger partial charge on any atom is -0.205 e. The lowest BCUT2D eigenvalue weighted by atomic mass is 10.1. The monoisotopic (exact) mass is 283 g/mol. The van der Waals surface area contributed by atoms with Gasteiger partial charge in [0.15, 0.2) is 0 Å². The van der Waals surface area contributed by atoms with Crippen LogP contribution in [0.25, 0.3) is 0 Å². The van der Waals surface area contributed by atoms with Crippen LogP contribution in [0.5, 0.6) is 0 Å². The molecule has 0 atom stereocenters. The number of nitrogens with zero attached hydrogens (tertiary/aromatic N) is 3. The molecule has 104 valence electrons. The van der Waals surface area contributed by atoms with Crippen molar-refractivity contribution in [1.82, 2.24) is 0 Å². The molecule has 2 rings (SSSR count). The molecule has 0 aliphatic rings. The van der Waals surface area contributed by atoms with Crippen molar-refractivity contribution in [1.29, 1.82) is 5.26 Å². The summed E-state index contributed by atoms with van der Waals surface area (Å²) in [6, 6.07) is 11.2. The van der Waals surface area contributed by atoms with Gasteiger partial charge in [0.25, 0.3) is 0 Å². The van der Waals surface area contributed by atoms with E-state index in [1.807, 2.05) is 31.2 Å². The molecule has 0 bridgehead atoms. The van der Waals surface area contributed by atoms with Crippen molar-refractivity contribution in [3.8, 4) is 6.07 Å². The van der Waals surface area contributed by atoms with Crippen molar-refractivity contribution in [2.45, 2.75) is 6.92 Å². The van der Waals surface area contributed by atoms with Gasteiger partial charge in [-0.25, -0.2) is 8.78 Å². The Labute approximate surface area is 120 Å². The number of hydrogen-bond acceptors (Lipinski definition) is 3. The Kier molecular flexibility index (Phi) is 4.52. The Balaban J connectivity index is 2.12. The molecule has 0 heterocycles. The summed E-state index contributed by atoms with van der Waals surface area (Å²) in [5.41, 5.74) is 1.61. The van der Waals surface area contributed by atoms with Gasteiger partial charge >= 0.3 is 0 Å². The van der Waals surface area contributed by atoms with E-state index in [4.69, 9.17) is 5.26 Å². The van der Waals surface area contributed by atoms with Crippen LogP contribution in [0.2, 0.25) is 0 Å².